The van der Waals surface area contributed by atoms with Crippen LogP contribution in [0, 0.1) is 13.8 Å². The molecule has 116 valence electrons. The van der Waals surface area contributed by atoms with E-state index < -0.39 is 0 Å². The Morgan fingerprint density at radius 2 is 2.04 bits per heavy atom. The summed E-state index contributed by atoms with van der Waals surface area (Å²) in [5.41, 5.74) is 4.25. The van der Waals surface area contributed by atoms with Crippen molar-refractivity contribution in [1.29, 1.82) is 0 Å². The molecule has 0 aliphatic rings. The lowest BCUT2D eigenvalue weighted by molar-refractivity contribution is 0.0915. The van der Waals surface area contributed by atoms with Crippen LogP contribution in [-0.4, -0.2) is 10.9 Å². The smallest absolute Gasteiger partial charge is 0.287 e. The number of hydrogen-bond acceptors (Lipinski definition) is 3. The number of nitrogens with one attached hydrogen (secondary N) is 1. The van der Waals surface area contributed by atoms with Crippen LogP contribution in [0.3, 0.4) is 0 Å². The van der Waals surface area contributed by atoms with Crippen LogP contribution in [0.15, 0.2) is 65.5 Å². The summed E-state index contributed by atoms with van der Waals surface area (Å²) in [5.74, 6) is 0.0500. The molecule has 23 heavy (non-hydrogen) atoms. The van der Waals surface area contributed by atoms with Crippen LogP contribution in [0.2, 0.25) is 0 Å². The van der Waals surface area contributed by atoms with Gasteiger partial charge in [0.1, 0.15) is 0 Å². The Morgan fingerprint density at radius 3 is 2.74 bits per heavy atom. The molecular formula is C19H18N2O2. The highest BCUT2D eigenvalue weighted by atomic mass is 16.3. The molecule has 0 aliphatic heterocycles. The van der Waals surface area contributed by atoms with Gasteiger partial charge in [-0.3, -0.25) is 9.78 Å². The van der Waals surface area contributed by atoms with Crippen molar-refractivity contribution in [3.05, 3.63) is 89.1 Å². The molecule has 3 aromatic rings. The molecule has 1 aromatic carbocycles. The van der Waals surface area contributed by atoms with Gasteiger partial charge in [-0.25, -0.2) is 0 Å². The van der Waals surface area contributed by atoms with Crippen molar-refractivity contribution < 1.29 is 9.21 Å². The Bertz CT molecular complexity index is 796. The molecule has 0 fully saturated rings. The molecule has 0 bridgehead atoms. The third kappa shape index (κ3) is 3.31. The number of amides is 1. The molecule has 4 nitrogen and oxygen atoms in total. The monoisotopic (exact) mass is 306 g/mol. The molecule has 0 radical (unpaired) electrons. The maximum Gasteiger partial charge on any atom is 0.287 e. The summed E-state index contributed by atoms with van der Waals surface area (Å²) in [6, 6.07) is 13.1. The van der Waals surface area contributed by atoms with Crippen molar-refractivity contribution >= 4 is 5.91 Å². The summed E-state index contributed by atoms with van der Waals surface area (Å²) in [4.78, 5) is 16.6. The fourth-order valence-corrected chi connectivity index (χ4v) is 2.57. The molecule has 0 saturated heterocycles. The molecule has 1 unspecified atom stereocenters. The zero-order valence-corrected chi connectivity index (χ0v) is 13.1. The molecule has 3 rings (SSSR count). The maximum absolute atomic E-state index is 12.4. The number of carbonyl (C=O) groups is 1. The van der Waals surface area contributed by atoms with Crippen molar-refractivity contribution in [3.63, 3.8) is 0 Å². The third-order valence-corrected chi connectivity index (χ3v) is 3.78. The van der Waals surface area contributed by atoms with Gasteiger partial charge in [-0.05, 0) is 48.7 Å². The molecule has 2 heterocycles. The molecule has 1 N–H and O–H groups in total. The molecule has 4 heteroatoms. The summed E-state index contributed by atoms with van der Waals surface area (Å²) >= 11 is 0. The molecule has 0 spiro atoms. The average molecular weight is 306 g/mol. The quantitative estimate of drug-likeness (QED) is 0.797. The summed E-state index contributed by atoms with van der Waals surface area (Å²) < 4.78 is 5.19. The maximum atomic E-state index is 12.4. The first-order valence-corrected chi connectivity index (χ1v) is 7.46. The predicted molar refractivity (Wildman–Crippen MR) is 88.2 cm³/mol. The highest BCUT2D eigenvalue weighted by Crippen LogP contribution is 2.26. The van der Waals surface area contributed by atoms with Gasteiger partial charge in [-0.2, -0.15) is 0 Å². The van der Waals surface area contributed by atoms with Crippen molar-refractivity contribution in [2.75, 3.05) is 0 Å². The van der Waals surface area contributed by atoms with E-state index in [4.69, 9.17) is 4.42 Å². The number of aryl methyl sites for hydroxylation is 2. The second-order valence-electron chi connectivity index (χ2n) is 5.53. The minimum Gasteiger partial charge on any atom is -0.459 e. The first kappa shape index (κ1) is 15.0. The van der Waals surface area contributed by atoms with E-state index in [9.17, 15) is 4.79 Å². The summed E-state index contributed by atoms with van der Waals surface area (Å²) in [6.07, 6.45) is 4.98. The first-order valence-electron chi connectivity index (χ1n) is 7.46. The van der Waals surface area contributed by atoms with E-state index in [1.807, 2.05) is 26.0 Å². The van der Waals surface area contributed by atoms with E-state index >= 15 is 0 Å². The van der Waals surface area contributed by atoms with Gasteiger partial charge in [0.2, 0.25) is 0 Å². The summed E-state index contributed by atoms with van der Waals surface area (Å²) in [7, 11) is 0. The Balaban J connectivity index is 2.00. The Labute approximate surface area is 135 Å². The lowest BCUT2D eigenvalue weighted by Gasteiger charge is -2.21. The second-order valence-corrected chi connectivity index (χ2v) is 5.53. The first-order chi connectivity index (χ1) is 11.1. The van der Waals surface area contributed by atoms with Gasteiger partial charge in [0.05, 0.1) is 12.3 Å². The number of carbonyl (C=O) groups excluding carboxylic acids is 1. The van der Waals surface area contributed by atoms with Crippen molar-refractivity contribution in [1.82, 2.24) is 10.3 Å². The standard InChI is InChI=1S/C19H18N2O2/c1-13-7-8-14(2)16(11-13)18(15-5-3-9-20-12-15)21-19(22)17-6-4-10-23-17/h3-12,18H,1-2H3,(H,21,22). The van der Waals surface area contributed by atoms with Crippen LogP contribution < -0.4 is 5.32 Å². The number of hydrogen-bond donors (Lipinski definition) is 1. The van der Waals surface area contributed by atoms with Crippen LogP contribution in [0.5, 0.6) is 0 Å². The highest BCUT2D eigenvalue weighted by Gasteiger charge is 2.21. The van der Waals surface area contributed by atoms with Gasteiger partial charge in [0.25, 0.3) is 5.91 Å². The van der Waals surface area contributed by atoms with E-state index in [-0.39, 0.29) is 11.9 Å². The van der Waals surface area contributed by atoms with Crippen molar-refractivity contribution in [2.24, 2.45) is 0 Å². The van der Waals surface area contributed by atoms with E-state index in [0.717, 1.165) is 22.3 Å². The minimum atomic E-state index is -0.277. The van der Waals surface area contributed by atoms with E-state index in [1.165, 1.54) is 6.26 Å². The van der Waals surface area contributed by atoms with Crippen LogP contribution in [0.1, 0.15) is 38.9 Å². The minimum absolute atomic E-state index is 0.246. The van der Waals surface area contributed by atoms with E-state index in [1.54, 1.807) is 24.5 Å². The van der Waals surface area contributed by atoms with Gasteiger partial charge in [0, 0.05) is 12.4 Å². The number of benzene rings is 1. The lowest BCUT2D eigenvalue weighted by atomic mass is 9.94. The van der Waals surface area contributed by atoms with Crippen LogP contribution in [0.4, 0.5) is 0 Å². The van der Waals surface area contributed by atoms with Crippen molar-refractivity contribution in [3.8, 4) is 0 Å². The SMILES string of the molecule is Cc1ccc(C)c(C(NC(=O)c2ccco2)c2cccnc2)c1. The van der Waals surface area contributed by atoms with Gasteiger partial charge in [0.15, 0.2) is 5.76 Å². The number of rotatable bonds is 4. The van der Waals surface area contributed by atoms with Crippen molar-refractivity contribution in [2.45, 2.75) is 19.9 Å². The fourth-order valence-electron chi connectivity index (χ4n) is 2.57. The molecular weight excluding hydrogens is 288 g/mol. The average Bonchev–Trinajstić information content (AvgIpc) is 3.10. The molecule has 2 aromatic heterocycles. The number of pyridine rings is 1. The lowest BCUT2D eigenvalue weighted by Crippen LogP contribution is -2.29. The van der Waals surface area contributed by atoms with E-state index in [2.05, 4.69) is 28.5 Å². The Morgan fingerprint density at radius 1 is 1.17 bits per heavy atom. The zero-order valence-electron chi connectivity index (χ0n) is 13.1. The zero-order chi connectivity index (χ0) is 16.2. The van der Waals surface area contributed by atoms with Crippen LogP contribution in [-0.2, 0) is 0 Å². The van der Waals surface area contributed by atoms with Crippen LogP contribution >= 0.6 is 0 Å². The third-order valence-electron chi connectivity index (χ3n) is 3.78. The van der Waals surface area contributed by atoms with Gasteiger partial charge < -0.3 is 9.73 Å². The topological polar surface area (TPSA) is 55.1 Å². The number of aromatic nitrogens is 1. The number of nitrogens with zero attached hydrogens (tertiary/aromatic N) is 1. The van der Waals surface area contributed by atoms with Gasteiger partial charge in [-0.1, -0.05) is 29.8 Å². The molecule has 0 aliphatic carbocycles. The second kappa shape index (κ2) is 6.48. The largest absolute Gasteiger partial charge is 0.459 e. The Kier molecular flexibility index (Phi) is 4.24. The normalized spacial score (nSPS) is 11.9. The number of furan rings is 1. The predicted octanol–water partition coefficient (Wildman–Crippen LogP) is 3.81. The fraction of sp³-hybridized carbons (Fsp3) is 0.158. The van der Waals surface area contributed by atoms with Crippen LogP contribution in [0.25, 0.3) is 0 Å². The molecule has 1 amide bonds. The summed E-state index contributed by atoms with van der Waals surface area (Å²) in [5, 5.41) is 3.05. The van der Waals surface area contributed by atoms with E-state index in [0.29, 0.717) is 5.76 Å². The van der Waals surface area contributed by atoms with Gasteiger partial charge in [-0.15, -0.1) is 0 Å². The summed E-state index contributed by atoms with van der Waals surface area (Å²) in [6.45, 7) is 4.08. The molecule has 1 atom stereocenters. The van der Waals surface area contributed by atoms with Gasteiger partial charge >= 0.3 is 0 Å². The highest BCUT2D eigenvalue weighted by molar-refractivity contribution is 5.92. The Hall–Kier alpha value is -2.88. The molecule has 0 saturated carbocycles.